The van der Waals surface area contributed by atoms with Crippen LogP contribution in [0.4, 0.5) is 0 Å². The molecule has 0 aromatic carbocycles. The van der Waals surface area contributed by atoms with Crippen molar-refractivity contribution in [3.05, 3.63) is 0 Å². The molecular weight excluding hydrogens is 178 g/mol. The van der Waals surface area contributed by atoms with Gasteiger partial charge in [-0.3, -0.25) is 4.79 Å². The van der Waals surface area contributed by atoms with Gasteiger partial charge in [-0.1, -0.05) is 20.3 Å². The normalized spacial score (nSPS) is 29.6. The third-order valence-corrected chi connectivity index (χ3v) is 2.93. The smallest absolute Gasteiger partial charge is 0.310 e. The largest absolute Gasteiger partial charge is 0.462 e. The lowest BCUT2D eigenvalue weighted by molar-refractivity contribution is -0.155. The molecule has 0 aromatic rings. The number of rotatable bonds is 3. The van der Waals surface area contributed by atoms with Crippen LogP contribution in [0.5, 0.6) is 0 Å². The second-order valence-corrected chi connectivity index (χ2v) is 4.47. The quantitative estimate of drug-likeness (QED) is 0.704. The maximum atomic E-state index is 11.4. The minimum absolute atomic E-state index is 0.133. The van der Waals surface area contributed by atoms with Crippen LogP contribution in [0.1, 0.15) is 39.5 Å². The van der Waals surface area contributed by atoms with Gasteiger partial charge in [0.15, 0.2) is 0 Å². The van der Waals surface area contributed by atoms with E-state index in [-0.39, 0.29) is 18.0 Å². The van der Waals surface area contributed by atoms with Crippen molar-refractivity contribution in [1.82, 2.24) is 0 Å². The molecule has 0 aliphatic heterocycles. The fraction of sp³-hybridized carbons (Fsp3) is 0.909. The van der Waals surface area contributed by atoms with Gasteiger partial charge >= 0.3 is 5.97 Å². The van der Waals surface area contributed by atoms with Crippen LogP contribution in [0.2, 0.25) is 0 Å². The molecule has 2 N–H and O–H groups in total. The monoisotopic (exact) mass is 199 g/mol. The molecule has 0 bridgehead atoms. The van der Waals surface area contributed by atoms with Gasteiger partial charge in [0.1, 0.15) is 6.10 Å². The molecule has 1 aliphatic rings. The Kier molecular flexibility index (Phi) is 4.39. The zero-order chi connectivity index (χ0) is 10.6. The minimum Gasteiger partial charge on any atom is -0.462 e. The van der Waals surface area contributed by atoms with E-state index in [1.165, 1.54) is 12.8 Å². The molecule has 3 unspecified atom stereocenters. The molecule has 0 saturated heterocycles. The first-order valence-electron chi connectivity index (χ1n) is 5.54. The third-order valence-electron chi connectivity index (χ3n) is 2.93. The number of carbonyl (C=O) groups is 1. The highest BCUT2D eigenvalue weighted by atomic mass is 16.5. The van der Waals surface area contributed by atoms with Gasteiger partial charge in [0.05, 0.1) is 5.92 Å². The molecule has 82 valence electrons. The summed E-state index contributed by atoms with van der Waals surface area (Å²) in [6.45, 7) is 4.40. The lowest BCUT2D eigenvalue weighted by Crippen LogP contribution is -2.30. The van der Waals surface area contributed by atoms with E-state index in [0.29, 0.717) is 12.5 Å². The van der Waals surface area contributed by atoms with Crippen molar-refractivity contribution < 1.29 is 9.53 Å². The van der Waals surface area contributed by atoms with Gasteiger partial charge in [0.2, 0.25) is 0 Å². The number of hydrogen-bond donors (Lipinski definition) is 1. The van der Waals surface area contributed by atoms with Crippen LogP contribution in [-0.4, -0.2) is 18.6 Å². The van der Waals surface area contributed by atoms with E-state index in [4.69, 9.17) is 10.5 Å². The number of ether oxygens (including phenoxy) is 1. The molecule has 0 radical (unpaired) electrons. The first-order chi connectivity index (χ1) is 6.63. The van der Waals surface area contributed by atoms with Gasteiger partial charge < -0.3 is 10.5 Å². The van der Waals surface area contributed by atoms with Crippen molar-refractivity contribution >= 4 is 5.97 Å². The fourth-order valence-electron chi connectivity index (χ4n) is 1.86. The summed E-state index contributed by atoms with van der Waals surface area (Å²) in [5.74, 6) is 0.397. The Labute approximate surface area is 86.0 Å². The molecule has 3 atom stereocenters. The molecule has 0 aromatic heterocycles. The van der Waals surface area contributed by atoms with Crippen LogP contribution in [0.3, 0.4) is 0 Å². The Bertz CT molecular complexity index is 194. The zero-order valence-electron chi connectivity index (χ0n) is 9.16. The predicted octanol–water partition coefficient (Wildman–Crippen LogP) is 1.70. The molecular formula is C11H21NO2. The third kappa shape index (κ3) is 3.29. The van der Waals surface area contributed by atoms with E-state index in [1.807, 2.05) is 6.92 Å². The Balaban J connectivity index is 2.32. The van der Waals surface area contributed by atoms with Gasteiger partial charge in [0.25, 0.3) is 0 Å². The average molecular weight is 199 g/mol. The van der Waals surface area contributed by atoms with E-state index in [9.17, 15) is 4.79 Å². The summed E-state index contributed by atoms with van der Waals surface area (Å²) in [6.07, 6.45) is 4.62. The molecule has 3 heteroatoms. The van der Waals surface area contributed by atoms with Gasteiger partial charge in [-0.15, -0.1) is 0 Å². The Morgan fingerprint density at radius 2 is 2.29 bits per heavy atom. The standard InChI is InChI=1S/C11H21NO2/c1-8-4-3-5-10(6-8)14-11(13)9(2)7-12/h8-10H,3-7,12H2,1-2H3. The lowest BCUT2D eigenvalue weighted by atomic mass is 9.88. The van der Waals surface area contributed by atoms with Crippen LogP contribution in [0, 0.1) is 11.8 Å². The summed E-state index contributed by atoms with van der Waals surface area (Å²) in [4.78, 5) is 11.4. The number of esters is 1. The maximum Gasteiger partial charge on any atom is 0.310 e. The summed E-state index contributed by atoms with van der Waals surface area (Å²) in [6, 6.07) is 0. The van der Waals surface area contributed by atoms with Crippen molar-refractivity contribution in [2.24, 2.45) is 17.6 Å². The van der Waals surface area contributed by atoms with Crippen LogP contribution in [0.25, 0.3) is 0 Å². The Morgan fingerprint density at radius 1 is 1.57 bits per heavy atom. The van der Waals surface area contributed by atoms with Crippen LogP contribution >= 0.6 is 0 Å². The SMILES string of the molecule is CC1CCCC(OC(=O)C(C)CN)C1. The zero-order valence-corrected chi connectivity index (χ0v) is 9.16. The molecule has 14 heavy (non-hydrogen) atoms. The topological polar surface area (TPSA) is 52.3 Å². The molecule has 3 nitrogen and oxygen atoms in total. The number of hydrogen-bond acceptors (Lipinski definition) is 3. The van der Waals surface area contributed by atoms with Gasteiger partial charge in [-0.05, 0) is 25.2 Å². The molecule has 1 aliphatic carbocycles. The molecule has 1 saturated carbocycles. The van der Waals surface area contributed by atoms with Crippen molar-refractivity contribution in [3.63, 3.8) is 0 Å². The highest BCUT2D eigenvalue weighted by Gasteiger charge is 2.23. The Hall–Kier alpha value is -0.570. The summed E-state index contributed by atoms with van der Waals surface area (Å²) in [5, 5.41) is 0. The number of nitrogens with two attached hydrogens (primary N) is 1. The fourth-order valence-corrected chi connectivity index (χ4v) is 1.86. The number of carbonyl (C=O) groups excluding carboxylic acids is 1. The molecule has 0 heterocycles. The van der Waals surface area contributed by atoms with E-state index < -0.39 is 0 Å². The first-order valence-corrected chi connectivity index (χ1v) is 5.54. The maximum absolute atomic E-state index is 11.4. The van der Waals surface area contributed by atoms with E-state index in [0.717, 1.165) is 12.8 Å². The minimum atomic E-state index is -0.160. The van der Waals surface area contributed by atoms with Crippen LogP contribution in [0.15, 0.2) is 0 Å². The van der Waals surface area contributed by atoms with Crippen molar-refractivity contribution in [3.8, 4) is 0 Å². The molecule has 1 fully saturated rings. The highest BCUT2D eigenvalue weighted by Crippen LogP contribution is 2.26. The predicted molar refractivity (Wildman–Crippen MR) is 55.7 cm³/mol. The average Bonchev–Trinajstić information content (AvgIpc) is 2.16. The van der Waals surface area contributed by atoms with Crippen molar-refractivity contribution in [2.75, 3.05) is 6.54 Å². The van der Waals surface area contributed by atoms with Gasteiger partial charge in [-0.2, -0.15) is 0 Å². The molecule has 0 spiro atoms. The Morgan fingerprint density at radius 3 is 2.86 bits per heavy atom. The lowest BCUT2D eigenvalue weighted by Gasteiger charge is -2.27. The van der Waals surface area contributed by atoms with Crippen LogP contribution in [-0.2, 0) is 9.53 Å². The van der Waals surface area contributed by atoms with Gasteiger partial charge in [-0.25, -0.2) is 0 Å². The summed E-state index contributed by atoms with van der Waals surface area (Å²) < 4.78 is 5.40. The molecule has 1 rings (SSSR count). The van der Waals surface area contributed by atoms with Crippen molar-refractivity contribution in [2.45, 2.75) is 45.6 Å². The van der Waals surface area contributed by atoms with Crippen LogP contribution < -0.4 is 5.73 Å². The van der Waals surface area contributed by atoms with E-state index in [1.54, 1.807) is 0 Å². The van der Waals surface area contributed by atoms with Crippen molar-refractivity contribution in [1.29, 1.82) is 0 Å². The second-order valence-electron chi connectivity index (χ2n) is 4.47. The summed E-state index contributed by atoms with van der Waals surface area (Å²) in [5.41, 5.74) is 5.40. The summed E-state index contributed by atoms with van der Waals surface area (Å²) >= 11 is 0. The second kappa shape index (κ2) is 5.35. The van der Waals surface area contributed by atoms with E-state index in [2.05, 4.69) is 6.92 Å². The van der Waals surface area contributed by atoms with Gasteiger partial charge in [0, 0.05) is 6.54 Å². The highest BCUT2D eigenvalue weighted by molar-refractivity contribution is 5.72. The van der Waals surface area contributed by atoms with E-state index >= 15 is 0 Å². The molecule has 0 amide bonds. The first kappa shape index (κ1) is 11.5. The summed E-state index contributed by atoms with van der Waals surface area (Å²) in [7, 11) is 0.